The van der Waals surface area contributed by atoms with Crippen LogP contribution in [0.25, 0.3) is 0 Å². The van der Waals surface area contributed by atoms with Gasteiger partial charge in [0, 0.05) is 30.2 Å². The predicted octanol–water partition coefficient (Wildman–Crippen LogP) is 3.43. The standard InChI is InChI=1S/C16H22Cl2N6.HI/c1-3-19-16(21-10-15-23-22-11-24(15)2)20-8-4-5-12-6-7-13(17)9-14(12)18;/h6-7,9,11H,3-5,8,10H2,1-2H3,(H2,19,20,21);1H. The first-order valence-electron chi connectivity index (χ1n) is 7.89. The van der Waals surface area contributed by atoms with E-state index in [-0.39, 0.29) is 24.0 Å². The van der Waals surface area contributed by atoms with Crippen LogP contribution in [0, 0.1) is 0 Å². The van der Waals surface area contributed by atoms with Crippen molar-refractivity contribution in [3.05, 3.63) is 46.0 Å². The number of halogens is 3. The highest BCUT2D eigenvalue weighted by Crippen LogP contribution is 2.21. The summed E-state index contributed by atoms with van der Waals surface area (Å²) in [5.41, 5.74) is 1.10. The molecule has 0 atom stereocenters. The average Bonchev–Trinajstić information content (AvgIpc) is 2.96. The van der Waals surface area contributed by atoms with Crippen LogP contribution in [0.1, 0.15) is 24.7 Å². The van der Waals surface area contributed by atoms with Crippen molar-refractivity contribution >= 4 is 53.1 Å². The SMILES string of the molecule is CCNC(=NCc1nncn1C)NCCCc1ccc(Cl)cc1Cl.I. The first kappa shape index (κ1) is 22.0. The summed E-state index contributed by atoms with van der Waals surface area (Å²) in [4.78, 5) is 4.52. The fourth-order valence-corrected chi connectivity index (χ4v) is 2.65. The molecule has 1 heterocycles. The Morgan fingerprint density at radius 3 is 2.72 bits per heavy atom. The summed E-state index contributed by atoms with van der Waals surface area (Å²) < 4.78 is 1.86. The van der Waals surface area contributed by atoms with E-state index in [1.807, 2.05) is 30.7 Å². The van der Waals surface area contributed by atoms with Crippen LogP contribution in [-0.2, 0) is 20.0 Å². The molecule has 0 bridgehead atoms. The van der Waals surface area contributed by atoms with Gasteiger partial charge in [-0.05, 0) is 37.5 Å². The van der Waals surface area contributed by atoms with E-state index in [9.17, 15) is 0 Å². The molecule has 2 N–H and O–H groups in total. The van der Waals surface area contributed by atoms with Gasteiger partial charge >= 0.3 is 0 Å². The fourth-order valence-electron chi connectivity index (χ4n) is 2.15. The summed E-state index contributed by atoms with van der Waals surface area (Å²) in [6.07, 6.45) is 3.49. The van der Waals surface area contributed by atoms with Crippen molar-refractivity contribution in [1.82, 2.24) is 25.4 Å². The maximum absolute atomic E-state index is 6.19. The summed E-state index contributed by atoms with van der Waals surface area (Å²) in [6.45, 7) is 4.11. The van der Waals surface area contributed by atoms with Gasteiger partial charge in [-0.15, -0.1) is 34.2 Å². The van der Waals surface area contributed by atoms with Crippen molar-refractivity contribution in [3.8, 4) is 0 Å². The van der Waals surface area contributed by atoms with Gasteiger partial charge in [0.15, 0.2) is 11.8 Å². The van der Waals surface area contributed by atoms with E-state index in [0.717, 1.165) is 43.3 Å². The minimum Gasteiger partial charge on any atom is -0.357 e. The molecule has 0 radical (unpaired) electrons. The molecule has 6 nitrogen and oxygen atoms in total. The lowest BCUT2D eigenvalue weighted by Crippen LogP contribution is -2.38. The molecule has 0 amide bonds. The molecule has 138 valence electrons. The molecule has 0 fully saturated rings. The maximum atomic E-state index is 6.19. The Labute approximate surface area is 175 Å². The van der Waals surface area contributed by atoms with E-state index in [1.165, 1.54) is 0 Å². The van der Waals surface area contributed by atoms with Crippen LogP contribution in [-0.4, -0.2) is 33.8 Å². The molecule has 0 aliphatic rings. The summed E-state index contributed by atoms with van der Waals surface area (Å²) in [6, 6.07) is 5.61. The number of hydrogen-bond donors (Lipinski definition) is 2. The van der Waals surface area contributed by atoms with Gasteiger partial charge in [0.1, 0.15) is 12.9 Å². The Balaban J connectivity index is 0.00000312. The monoisotopic (exact) mass is 496 g/mol. The van der Waals surface area contributed by atoms with Gasteiger partial charge in [0.2, 0.25) is 0 Å². The number of aryl methyl sites for hydroxylation is 2. The van der Waals surface area contributed by atoms with Crippen LogP contribution in [0.4, 0.5) is 0 Å². The summed E-state index contributed by atoms with van der Waals surface area (Å²) >= 11 is 12.1. The molecule has 0 spiro atoms. The number of aliphatic imine (C=N–C) groups is 1. The molecule has 1 aromatic carbocycles. The Bertz CT molecular complexity index is 689. The van der Waals surface area contributed by atoms with Crippen molar-refractivity contribution in [2.24, 2.45) is 12.0 Å². The lowest BCUT2D eigenvalue weighted by atomic mass is 10.1. The molecule has 0 saturated heterocycles. The number of rotatable bonds is 7. The number of hydrogen-bond acceptors (Lipinski definition) is 3. The average molecular weight is 497 g/mol. The van der Waals surface area contributed by atoms with Gasteiger partial charge in [-0.25, -0.2) is 4.99 Å². The Morgan fingerprint density at radius 1 is 1.28 bits per heavy atom. The number of benzene rings is 1. The Hall–Kier alpha value is -1.06. The molecular formula is C16H23Cl2IN6. The first-order chi connectivity index (χ1) is 11.6. The lowest BCUT2D eigenvalue weighted by molar-refractivity contribution is 0.733. The van der Waals surface area contributed by atoms with Gasteiger partial charge in [0.25, 0.3) is 0 Å². The molecule has 0 aliphatic carbocycles. The zero-order valence-electron chi connectivity index (χ0n) is 14.3. The van der Waals surface area contributed by atoms with Crippen molar-refractivity contribution in [1.29, 1.82) is 0 Å². The second-order valence-electron chi connectivity index (χ2n) is 5.32. The Morgan fingerprint density at radius 2 is 2.08 bits per heavy atom. The van der Waals surface area contributed by atoms with E-state index in [0.29, 0.717) is 16.6 Å². The molecule has 1 aromatic heterocycles. The van der Waals surface area contributed by atoms with Crippen LogP contribution in [0.5, 0.6) is 0 Å². The zero-order valence-corrected chi connectivity index (χ0v) is 18.1. The highest BCUT2D eigenvalue weighted by Gasteiger charge is 2.03. The third kappa shape index (κ3) is 7.37. The van der Waals surface area contributed by atoms with E-state index in [4.69, 9.17) is 23.2 Å². The van der Waals surface area contributed by atoms with E-state index >= 15 is 0 Å². The smallest absolute Gasteiger partial charge is 0.191 e. The molecule has 2 rings (SSSR count). The van der Waals surface area contributed by atoms with Crippen LogP contribution < -0.4 is 10.6 Å². The quantitative estimate of drug-likeness (QED) is 0.267. The van der Waals surface area contributed by atoms with Crippen molar-refractivity contribution in [3.63, 3.8) is 0 Å². The minimum absolute atomic E-state index is 0. The molecule has 25 heavy (non-hydrogen) atoms. The van der Waals surface area contributed by atoms with Crippen molar-refractivity contribution in [2.75, 3.05) is 13.1 Å². The van der Waals surface area contributed by atoms with Crippen LogP contribution in [0.15, 0.2) is 29.5 Å². The molecule has 0 aliphatic heterocycles. The molecule has 2 aromatic rings. The number of nitrogens with one attached hydrogen (secondary N) is 2. The van der Waals surface area contributed by atoms with Gasteiger partial charge in [-0.3, -0.25) is 0 Å². The van der Waals surface area contributed by atoms with Crippen molar-refractivity contribution < 1.29 is 0 Å². The van der Waals surface area contributed by atoms with Gasteiger partial charge in [-0.2, -0.15) is 0 Å². The molecular weight excluding hydrogens is 474 g/mol. The number of guanidine groups is 1. The second kappa shape index (κ2) is 11.5. The van der Waals surface area contributed by atoms with Gasteiger partial charge < -0.3 is 15.2 Å². The van der Waals surface area contributed by atoms with Gasteiger partial charge in [-0.1, -0.05) is 29.3 Å². The molecule has 0 unspecified atom stereocenters. The molecule has 9 heteroatoms. The summed E-state index contributed by atoms with van der Waals surface area (Å²) in [7, 11) is 1.90. The third-order valence-corrected chi connectivity index (χ3v) is 4.05. The van der Waals surface area contributed by atoms with Crippen LogP contribution >= 0.6 is 47.2 Å². The van der Waals surface area contributed by atoms with Crippen LogP contribution in [0.2, 0.25) is 10.0 Å². The number of nitrogens with zero attached hydrogens (tertiary/aromatic N) is 4. The lowest BCUT2D eigenvalue weighted by Gasteiger charge is -2.11. The zero-order chi connectivity index (χ0) is 17.4. The topological polar surface area (TPSA) is 67.1 Å². The van der Waals surface area contributed by atoms with Crippen LogP contribution in [0.3, 0.4) is 0 Å². The largest absolute Gasteiger partial charge is 0.357 e. The van der Waals surface area contributed by atoms with Gasteiger partial charge in [0.05, 0.1) is 0 Å². The fraction of sp³-hybridized carbons (Fsp3) is 0.438. The molecule has 0 saturated carbocycles. The third-order valence-electron chi connectivity index (χ3n) is 3.46. The predicted molar refractivity (Wildman–Crippen MR) is 114 cm³/mol. The summed E-state index contributed by atoms with van der Waals surface area (Å²) in [5, 5.41) is 15.8. The highest BCUT2D eigenvalue weighted by atomic mass is 127. The first-order valence-corrected chi connectivity index (χ1v) is 8.64. The van der Waals surface area contributed by atoms with E-state index < -0.39 is 0 Å². The summed E-state index contributed by atoms with van der Waals surface area (Å²) in [5.74, 6) is 1.59. The highest BCUT2D eigenvalue weighted by molar-refractivity contribution is 14.0. The normalized spacial score (nSPS) is 11.1. The maximum Gasteiger partial charge on any atom is 0.191 e. The Kier molecular flexibility index (Phi) is 10.1. The number of aromatic nitrogens is 3. The van der Waals surface area contributed by atoms with Crippen molar-refractivity contribution in [2.45, 2.75) is 26.3 Å². The van der Waals surface area contributed by atoms with E-state index in [1.54, 1.807) is 12.4 Å². The minimum atomic E-state index is 0. The second-order valence-corrected chi connectivity index (χ2v) is 6.16. The van der Waals surface area contributed by atoms with E-state index in [2.05, 4.69) is 25.8 Å².